The molecule has 0 aromatic heterocycles. The van der Waals surface area contributed by atoms with Gasteiger partial charge in [-0.3, -0.25) is 0 Å². The van der Waals surface area contributed by atoms with E-state index in [1.807, 2.05) is 13.8 Å². The zero-order valence-electron chi connectivity index (χ0n) is 10.7. The molecule has 4 heteroatoms. The average Bonchev–Trinajstić information content (AvgIpc) is 2.28. The van der Waals surface area contributed by atoms with Gasteiger partial charge in [-0.1, -0.05) is 38.8 Å². The van der Waals surface area contributed by atoms with Gasteiger partial charge in [0.25, 0.3) is 0 Å². The quantitative estimate of drug-likeness (QED) is 0.822. The number of benzene rings is 1. The molecule has 1 nitrogen and oxygen atoms in total. The number of aliphatic hydroxyl groups excluding tert-OH is 1. The predicted octanol–water partition coefficient (Wildman–Crippen LogP) is 4.57. The smallest absolute Gasteiger partial charge is 0.388 e. The highest BCUT2D eigenvalue weighted by molar-refractivity contribution is 5.27. The van der Waals surface area contributed by atoms with E-state index in [2.05, 4.69) is 0 Å². The first kappa shape index (κ1) is 15.0. The van der Waals surface area contributed by atoms with E-state index in [1.54, 1.807) is 6.07 Å². The first-order valence-corrected chi connectivity index (χ1v) is 6.19. The topological polar surface area (TPSA) is 20.2 Å². The van der Waals surface area contributed by atoms with Crippen molar-refractivity contribution >= 4 is 0 Å². The van der Waals surface area contributed by atoms with Crippen LogP contribution in [-0.2, 0) is 6.18 Å². The van der Waals surface area contributed by atoms with Crippen molar-refractivity contribution in [3.8, 4) is 0 Å². The zero-order valence-corrected chi connectivity index (χ0v) is 10.7. The van der Waals surface area contributed by atoms with E-state index >= 15 is 0 Å². The van der Waals surface area contributed by atoms with Gasteiger partial charge in [0.1, 0.15) is 0 Å². The van der Waals surface area contributed by atoms with Crippen LogP contribution < -0.4 is 0 Å². The van der Waals surface area contributed by atoms with Crippen LogP contribution in [0, 0.1) is 5.92 Å². The maximum atomic E-state index is 12.5. The summed E-state index contributed by atoms with van der Waals surface area (Å²) < 4.78 is 37.6. The van der Waals surface area contributed by atoms with Crippen molar-refractivity contribution in [2.45, 2.75) is 45.4 Å². The number of hydrogen-bond donors (Lipinski definition) is 1. The van der Waals surface area contributed by atoms with Crippen LogP contribution >= 0.6 is 0 Å². The van der Waals surface area contributed by atoms with Crippen molar-refractivity contribution in [2.24, 2.45) is 5.92 Å². The Bertz CT molecular complexity index is 374. The van der Waals surface area contributed by atoms with Crippen LogP contribution in [0.3, 0.4) is 0 Å². The van der Waals surface area contributed by atoms with Crippen molar-refractivity contribution in [1.82, 2.24) is 0 Å². The van der Waals surface area contributed by atoms with E-state index in [0.717, 1.165) is 25.0 Å². The summed E-state index contributed by atoms with van der Waals surface area (Å²) in [6.45, 7) is 4.05. The Labute approximate surface area is 106 Å². The second-order valence-electron chi connectivity index (χ2n) is 4.77. The summed E-state index contributed by atoms with van der Waals surface area (Å²) in [5, 5.41) is 9.94. The number of aliphatic hydroxyl groups is 1. The normalized spacial score (nSPS) is 15.4. The summed E-state index contributed by atoms with van der Waals surface area (Å²) >= 11 is 0. The van der Waals surface area contributed by atoms with E-state index < -0.39 is 17.8 Å². The number of hydrogen-bond acceptors (Lipinski definition) is 1. The molecule has 1 rings (SSSR count). The van der Waals surface area contributed by atoms with Gasteiger partial charge in [0.2, 0.25) is 0 Å². The van der Waals surface area contributed by atoms with Crippen molar-refractivity contribution in [2.75, 3.05) is 0 Å². The average molecular weight is 260 g/mol. The molecule has 0 aliphatic heterocycles. The van der Waals surface area contributed by atoms with Crippen LogP contribution in [0.4, 0.5) is 13.2 Å². The summed E-state index contributed by atoms with van der Waals surface area (Å²) in [6, 6.07) is 4.93. The van der Waals surface area contributed by atoms with Crippen LogP contribution in [0.5, 0.6) is 0 Å². The molecule has 102 valence electrons. The van der Waals surface area contributed by atoms with E-state index in [9.17, 15) is 18.3 Å². The van der Waals surface area contributed by atoms with Gasteiger partial charge < -0.3 is 5.11 Å². The minimum atomic E-state index is -4.36. The minimum absolute atomic E-state index is 0.305. The van der Waals surface area contributed by atoms with Crippen LogP contribution in [0.2, 0.25) is 0 Å². The second-order valence-corrected chi connectivity index (χ2v) is 4.77. The lowest BCUT2D eigenvalue weighted by Crippen LogP contribution is -2.08. The standard InChI is InChI=1S/C14H19F3O/c1-3-5-10(2)8-13(18)11-6-4-7-12(9-11)14(15,16)17/h4,6-7,9-10,13,18H,3,5,8H2,1-2H3. The Hall–Kier alpha value is -1.03. The van der Waals surface area contributed by atoms with Gasteiger partial charge >= 0.3 is 6.18 Å². The molecule has 0 radical (unpaired) electrons. The van der Waals surface area contributed by atoms with Gasteiger partial charge in [-0.2, -0.15) is 13.2 Å². The van der Waals surface area contributed by atoms with Gasteiger partial charge in [-0.15, -0.1) is 0 Å². The van der Waals surface area contributed by atoms with Crippen LogP contribution in [0.25, 0.3) is 0 Å². The summed E-state index contributed by atoms with van der Waals surface area (Å²) in [5.41, 5.74) is -0.366. The number of rotatable bonds is 5. The zero-order chi connectivity index (χ0) is 13.8. The van der Waals surface area contributed by atoms with Gasteiger partial charge in [-0.25, -0.2) is 0 Å². The predicted molar refractivity (Wildman–Crippen MR) is 65.1 cm³/mol. The van der Waals surface area contributed by atoms with Crippen molar-refractivity contribution in [1.29, 1.82) is 0 Å². The second kappa shape index (κ2) is 6.23. The highest BCUT2D eigenvalue weighted by Gasteiger charge is 2.30. The maximum Gasteiger partial charge on any atom is 0.416 e. The highest BCUT2D eigenvalue weighted by atomic mass is 19.4. The lowest BCUT2D eigenvalue weighted by molar-refractivity contribution is -0.137. The van der Waals surface area contributed by atoms with Crippen molar-refractivity contribution in [3.63, 3.8) is 0 Å². The lowest BCUT2D eigenvalue weighted by atomic mass is 9.94. The molecule has 2 unspecified atom stereocenters. The Morgan fingerprint density at radius 2 is 1.94 bits per heavy atom. The molecule has 1 N–H and O–H groups in total. The molecule has 0 spiro atoms. The molecule has 0 saturated heterocycles. The molecular weight excluding hydrogens is 241 g/mol. The molecule has 2 atom stereocenters. The molecular formula is C14H19F3O. The van der Waals surface area contributed by atoms with Crippen LogP contribution in [0.1, 0.15) is 50.3 Å². The highest BCUT2D eigenvalue weighted by Crippen LogP contribution is 2.32. The van der Waals surface area contributed by atoms with Gasteiger partial charge in [0.05, 0.1) is 11.7 Å². The minimum Gasteiger partial charge on any atom is -0.388 e. The molecule has 0 aliphatic rings. The third kappa shape index (κ3) is 4.33. The third-order valence-electron chi connectivity index (χ3n) is 3.01. The summed E-state index contributed by atoms with van der Waals surface area (Å²) in [4.78, 5) is 0. The van der Waals surface area contributed by atoms with E-state index in [-0.39, 0.29) is 0 Å². The molecule has 0 heterocycles. The molecule has 0 amide bonds. The number of alkyl halides is 3. The first-order valence-electron chi connectivity index (χ1n) is 6.19. The Morgan fingerprint density at radius 1 is 1.28 bits per heavy atom. The fraction of sp³-hybridized carbons (Fsp3) is 0.571. The van der Waals surface area contributed by atoms with E-state index in [4.69, 9.17) is 0 Å². The van der Waals surface area contributed by atoms with Gasteiger partial charge in [-0.05, 0) is 30.0 Å². The molecule has 1 aromatic carbocycles. The SMILES string of the molecule is CCCC(C)CC(O)c1cccc(C(F)(F)F)c1. The summed E-state index contributed by atoms with van der Waals surface area (Å²) in [6.07, 6.45) is -2.71. The first-order chi connectivity index (χ1) is 8.34. The fourth-order valence-electron chi connectivity index (χ4n) is 2.05. The Kier molecular flexibility index (Phi) is 5.20. The largest absolute Gasteiger partial charge is 0.416 e. The molecule has 1 aromatic rings. The van der Waals surface area contributed by atoms with E-state index in [1.165, 1.54) is 6.07 Å². The van der Waals surface area contributed by atoms with Crippen molar-refractivity contribution < 1.29 is 18.3 Å². The number of halogens is 3. The van der Waals surface area contributed by atoms with Crippen molar-refractivity contribution in [3.05, 3.63) is 35.4 Å². The van der Waals surface area contributed by atoms with Crippen LogP contribution in [0.15, 0.2) is 24.3 Å². The Morgan fingerprint density at radius 3 is 2.50 bits per heavy atom. The fourth-order valence-corrected chi connectivity index (χ4v) is 2.05. The summed E-state index contributed by atoms with van der Waals surface area (Å²) in [7, 11) is 0. The molecule has 18 heavy (non-hydrogen) atoms. The summed E-state index contributed by atoms with van der Waals surface area (Å²) in [5.74, 6) is 0.305. The molecule has 0 fully saturated rings. The molecule has 0 saturated carbocycles. The Balaban J connectivity index is 2.77. The third-order valence-corrected chi connectivity index (χ3v) is 3.01. The maximum absolute atomic E-state index is 12.5. The van der Waals surface area contributed by atoms with E-state index in [0.29, 0.717) is 17.9 Å². The van der Waals surface area contributed by atoms with Crippen LogP contribution in [-0.4, -0.2) is 5.11 Å². The molecule has 0 aliphatic carbocycles. The lowest BCUT2D eigenvalue weighted by Gasteiger charge is -2.17. The monoisotopic (exact) mass is 260 g/mol. The van der Waals surface area contributed by atoms with Gasteiger partial charge in [0, 0.05) is 0 Å². The molecule has 0 bridgehead atoms. The van der Waals surface area contributed by atoms with Gasteiger partial charge in [0.15, 0.2) is 0 Å².